The van der Waals surface area contributed by atoms with Gasteiger partial charge < -0.3 is 15.8 Å². The molecule has 0 radical (unpaired) electrons. The molecule has 2 unspecified atom stereocenters. The highest BCUT2D eigenvalue weighted by Crippen LogP contribution is 2.31. The van der Waals surface area contributed by atoms with Crippen molar-refractivity contribution in [3.63, 3.8) is 0 Å². The van der Waals surface area contributed by atoms with Gasteiger partial charge in [0.05, 0.1) is 13.2 Å². The average Bonchev–Trinajstić information content (AvgIpc) is 2.28. The van der Waals surface area contributed by atoms with Gasteiger partial charge in [-0.1, -0.05) is 31.9 Å². The zero-order valence-corrected chi connectivity index (χ0v) is 11.4. The summed E-state index contributed by atoms with van der Waals surface area (Å²) in [5.41, 5.74) is 7.18. The molecule has 0 heterocycles. The van der Waals surface area contributed by atoms with Crippen LogP contribution in [0.3, 0.4) is 0 Å². The Hall–Kier alpha value is -0.380. The fourth-order valence-electron chi connectivity index (χ4n) is 2.71. The monoisotopic (exact) mass is 240 g/mol. The van der Waals surface area contributed by atoms with Crippen LogP contribution in [0.1, 0.15) is 39.5 Å². The topological polar surface area (TPSA) is 47.3 Å². The second-order valence-electron chi connectivity index (χ2n) is 5.62. The number of rotatable bonds is 7. The molecule has 3 nitrogen and oxygen atoms in total. The fourth-order valence-corrected chi connectivity index (χ4v) is 2.71. The lowest BCUT2D eigenvalue weighted by atomic mass is 9.76. The van der Waals surface area contributed by atoms with Crippen molar-refractivity contribution in [2.24, 2.45) is 11.7 Å². The highest BCUT2D eigenvalue weighted by atomic mass is 16.5. The van der Waals surface area contributed by atoms with Crippen LogP contribution in [0, 0.1) is 5.92 Å². The third-order valence-corrected chi connectivity index (χ3v) is 3.58. The van der Waals surface area contributed by atoms with Crippen molar-refractivity contribution in [1.29, 1.82) is 0 Å². The molecule has 0 amide bonds. The first-order valence-electron chi connectivity index (χ1n) is 6.75. The van der Waals surface area contributed by atoms with Gasteiger partial charge in [-0.25, -0.2) is 0 Å². The molecule has 0 saturated heterocycles. The predicted octanol–water partition coefficient (Wildman–Crippen LogP) is 2.08. The first-order valence-corrected chi connectivity index (χ1v) is 6.75. The second kappa shape index (κ2) is 7.14. The summed E-state index contributed by atoms with van der Waals surface area (Å²) in [5, 5.41) is 3.61. The molecule has 1 rings (SSSR count). The molecule has 2 atom stereocenters. The Labute approximate surface area is 106 Å². The Morgan fingerprint density at radius 3 is 2.94 bits per heavy atom. The molecule has 0 aliphatic heterocycles. The summed E-state index contributed by atoms with van der Waals surface area (Å²) >= 11 is 0. The van der Waals surface area contributed by atoms with E-state index in [1.807, 2.05) is 6.92 Å². The molecule has 1 saturated carbocycles. The smallest absolute Gasteiger partial charge is 0.0672 e. The van der Waals surface area contributed by atoms with E-state index in [0.717, 1.165) is 31.2 Å². The molecular formula is C14H28N2O. The van der Waals surface area contributed by atoms with Crippen LogP contribution in [0.25, 0.3) is 0 Å². The van der Waals surface area contributed by atoms with Crippen molar-refractivity contribution in [2.75, 3.05) is 26.3 Å². The lowest BCUT2D eigenvalue weighted by molar-refractivity contribution is 0.132. The van der Waals surface area contributed by atoms with Gasteiger partial charge in [-0.3, -0.25) is 0 Å². The van der Waals surface area contributed by atoms with Crippen LogP contribution in [0.4, 0.5) is 0 Å². The van der Waals surface area contributed by atoms with E-state index in [1.54, 1.807) is 0 Å². The SMILES string of the molecule is C=C(C)COCCNC1(CN)CCCC(C)C1. The minimum absolute atomic E-state index is 0.157. The zero-order chi connectivity index (χ0) is 12.7. The van der Waals surface area contributed by atoms with E-state index in [1.165, 1.54) is 25.7 Å². The van der Waals surface area contributed by atoms with Crippen molar-refractivity contribution in [1.82, 2.24) is 5.32 Å². The van der Waals surface area contributed by atoms with Crippen molar-refractivity contribution >= 4 is 0 Å². The van der Waals surface area contributed by atoms with E-state index < -0.39 is 0 Å². The summed E-state index contributed by atoms with van der Waals surface area (Å²) in [6.07, 6.45) is 5.03. The maximum atomic E-state index is 5.95. The minimum atomic E-state index is 0.157. The lowest BCUT2D eigenvalue weighted by Crippen LogP contribution is -2.54. The molecule has 1 aliphatic carbocycles. The van der Waals surface area contributed by atoms with E-state index in [4.69, 9.17) is 10.5 Å². The number of nitrogens with one attached hydrogen (secondary N) is 1. The standard InChI is InChI=1S/C14H28N2O/c1-12(2)10-17-8-7-16-14(11-15)6-4-5-13(3)9-14/h13,16H,1,4-11,15H2,2-3H3. The summed E-state index contributed by atoms with van der Waals surface area (Å²) in [6, 6.07) is 0. The van der Waals surface area contributed by atoms with Crippen LogP contribution < -0.4 is 11.1 Å². The summed E-state index contributed by atoms with van der Waals surface area (Å²) < 4.78 is 5.50. The molecule has 0 aromatic carbocycles. The third kappa shape index (κ3) is 5.19. The normalized spacial score (nSPS) is 29.2. The van der Waals surface area contributed by atoms with E-state index >= 15 is 0 Å². The first-order chi connectivity index (χ1) is 8.08. The van der Waals surface area contributed by atoms with Gasteiger partial charge in [-0.05, 0) is 25.7 Å². The largest absolute Gasteiger partial charge is 0.376 e. The molecule has 3 N–H and O–H groups in total. The lowest BCUT2D eigenvalue weighted by Gasteiger charge is -2.40. The Morgan fingerprint density at radius 1 is 1.59 bits per heavy atom. The summed E-state index contributed by atoms with van der Waals surface area (Å²) in [5.74, 6) is 0.788. The fraction of sp³-hybridized carbons (Fsp3) is 0.857. The van der Waals surface area contributed by atoms with E-state index in [2.05, 4.69) is 18.8 Å². The van der Waals surface area contributed by atoms with E-state index in [9.17, 15) is 0 Å². The third-order valence-electron chi connectivity index (χ3n) is 3.58. The minimum Gasteiger partial charge on any atom is -0.376 e. The Kier molecular flexibility index (Phi) is 6.17. The summed E-state index contributed by atoms with van der Waals surface area (Å²) in [6.45, 7) is 11.1. The van der Waals surface area contributed by atoms with Gasteiger partial charge in [0.1, 0.15) is 0 Å². The van der Waals surface area contributed by atoms with Gasteiger partial charge in [0.25, 0.3) is 0 Å². The number of ether oxygens (including phenoxy) is 1. The zero-order valence-electron chi connectivity index (χ0n) is 11.4. The second-order valence-corrected chi connectivity index (χ2v) is 5.62. The van der Waals surface area contributed by atoms with E-state index in [0.29, 0.717) is 6.61 Å². The molecule has 0 spiro atoms. The molecule has 100 valence electrons. The van der Waals surface area contributed by atoms with Gasteiger partial charge in [0.2, 0.25) is 0 Å². The average molecular weight is 240 g/mol. The molecule has 1 aliphatic rings. The quantitative estimate of drug-likeness (QED) is 0.529. The van der Waals surface area contributed by atoms with Crippen molar-refractivity contribution in [3.8, 4) is 0 Å². The van der Waals surface area contributed by atoms with Crippen molar-refractivity contribution in [3.05, 3.63) is 12.2 Å². The summed E-state index contributed by atoms with van der Waals surface area (Å²) in [7, 11) is 0. The van der Waals surface area contributed by atoms with Gasteiger partial charge in [0.15, 0.2) is 0 Å². The Balaban J connectivity index is 2.24. The van der Waals surface area contributed by atoms with Crippen LogP contribution in [-0.4, -0.2) is 31.8 Å². The van der Waals surface area contributed by atoms with Crippen LogP contribution in [-0.2, 0) is 4.74 Å². The van der Waals surface area contributed by atoms with Crippen LogP contribution >= 0.6 is 0 Å². The van der Waals surface area contributed by atoms with Gasteiger partial charge in [0, 0.05) is 18.6 Å². The number of hydrogen-bond donors (Lipinski definition) is 2. The predicted molar refractivity (Wildman–Crippen MR) is 73.1 cm³/mol. The molecule has 0 aromatic rings. The first kappa shape index (κ1) is 14.7. The highest BCUT2D eigenvalue weighted by molar-refractivity contribution is 4.93. The maximum Gasteiger partial charge on any atom is 0.0672 e. The van der Waals surface area contributed by atoms with Crippen LogP contribution in [0.5, 0.6) is 0 Å². The van der Waals surface area contributed by atoms with Gasteiger partial charge in [-0.15, -0.1) is 0 Å². The Bertz CT molecular complexity index is 242. The molecule has 17 heavy (non-hydrogen) atoms. The molecule has 3 heteroatoms. The summed E-state index contributed by atoms with van der Waals surface area (Å²) in [4.78, 5) is 0. The molecular weight excluding hydrogens is 212 g/mol. The van der Waals surface area contributed by atoms with Crippen LogP contribution in [0.2, 0.25) is 0 Å². The number of nitrogens with two attached hydrogens (primary N) is 1. The molecule has 0 bridgehead atoms. The van der Waals surface area contributed by atoms with Crippen LogP contribution in [0.15, 0.2) is 12.2 Å². The van der Waals surface area contributed by atoms with Crippen molar-refractivity contribution in [2.45, 2.75) is 45.1 Å². The van der Waals surface area contributed by atoms with Gasteiger partial charge in [-0.2, -0.15) is 0 Å². The van der Waals surface area contributed by atoms with E-state index in [-0.39, 0.29) is 5.54 Å². The number of hydrogen-bond acceptors (Lipinski definition) is 3. The van der Waals surface area contributed by atoms with Crippen molar-refractivity contribution < 1.29 is 4.74 Å². The van der Waals surface area contributed by atoms with Gasteiger partial charge >= 0.3 is 0 Å². The molecule has 0 aromatic heterocycles. The molecule has 1 fully saturated rings. The highest BCUT2D eigenvalue weighted by Gasteiger charge is 2.32. The maximum absolute atomic E-state index is 5.95. The Morgan fingerprint density at radius 2 is 2.35 bits per heavy atom.